The topological polar surface area (TPSA) is 46.2 Å². The molecule has 0 radical (unpaired) electrons. The highest BCUT2D eigenvalue weighted by atomic mass is 19.4. The van der Waals surface area contributed by atoms with Gasteiger partial charge in [0, 0.05) is 11.3 Å². The summed E-state index contributed by atoms with van der Waals surface area (Å²) in [5.41, 5.74) is 0.462. The van der Waals surface area contributed by atoms with Gasteiger partial charge in [-0.3, -0.25) is 0 Å². The van der Waals surface area contributed by atoms with Crippen molar-refractivity contribution in [2.75, 3.05) is 5.73 Å². The minimum atomic E-state index is -5.16. The van der Waals surface area contributed by atoms with Crippen LogP contribution >= 0.6 is 0 Å². The summed E-state index contributed by atoms with van der Waals surface area (Å²) < 4.78 is 74.3. The van der Waals surface area contributed by atoms with Crippen molar-refractivity contribution in [3.63, 3.8) is 0 Å². The smallest absolute Gasteiger partial charge is 0.398 e. The molecule has 0 fully saturated rings. The second-order valence-electron chi connectivity index (χ2n) is 3.25. The van der Waals surface area contributed by atoms with E-state index in [0.29, 0.717) is 0 Å². The van der Waals surface area contributed by atoms with Crippen molar-refractivity contribution in [2.24, 2.45) is 0 Å². The molecule has 0 unspecified atom stereocenters. The van der Waals surface area contributed by atoms with Crippen LogP contribution in [0.5, 0.6) is 0 Å². The molecule has 1 aromatic rings. The molecular formula is C9H7F6NO. The Balaban J connectivity index is 3.54. The molecule has 1 aromatic carbocycles. The third kappa shape index (κ3) is 2.82. The minimum absolute atomic E-state index is 0.175. The van der Waals surface area contributed by atoms with E-state index in [-0.39, 0.29) is 12.1 Å². The van der Waals surface area contributed by atoms with Crippen molar-refractivity contribution < 1.29 is 31.4 Å². The number of nitrogen functional groups attached to an aromatic ring is 1. The zero-order valence-electron chi connectivity index (χ0n) is 8.15. The van der Waals surface area contributed by atoms with E-state index in [4.69, 9.17) is 10.8 Å². The van der Waals surface area contributed by atoms with Crippen LogP contribution in [-0.2, 0) is 19.0 Å². The van der Waals surface area contributed by atoms with Gasteiger partial charge in [0.2, 0.25) is 0 Å². The van der Waals surface area contributed by atoms with E-state index in [1.165, 1.54) is 0 Å². The van der Waals surface area contributed by atoms with Gasteiger partial charge in [-0.05, 0) is 12.1 Å². The molecule has 0 heterocycles. The number of hydrogen-bond acceptors (Lipinski definition) is 2. The fourth-order valence-corrected chi connectivity index (χ4v) is 1.27. The maximum Gasteiger partial charge on any atom is 0.417 e. The van der Waals surface area contributed by atoms with Gasteiger partial charge in [-0.1, -0.05) is 0 Å². The lowest BCUT2D eigenvalue weighted by Crippen LogP contribution is -2.18. The van der Waals surface area contributed by atoms with Crippen molar-refractivity contribution in [1.82, 2.24) is 0 Å². The number of hydrogen-bond donors (Lipinski definition) is 2. The van der Waals surface area contributed by atoms with Crippen LogP contribution < -0.4 is 5.73 Å². The monoisotopic (exact) mass is 259 g/mol. The maximum absolute atomic E-state index is 12.4. The van der Waals surface area contributed by atoms with Gasteiger partial charge in [-0.2, -0.15) is 26.3 Å². The standard InChI is InChI=1S/C9H7F6NO/c10-8(11,12)5-1-4(3-17)7(16)2-6(5)9(13,14)15/h1-2,17H,3,16H2. The largest absolute Gasteiger partial charge is 0.417 e. The summed E-state index contributed by atoms with van der Waals surface area (Å²) in [7, 11) is 0. The van der Waals surface area contributed by atoms with Crippen LogP contribution in [0.15, 0.2) is 12.1 Å². The van der Waals surface area contributed by atoms with E-state index in [1.807, 2.05) is 0 Å². The summed E-state index contributed by atoms with van der Waals surface area (Å²) in [6.07, 6.45) is -10.3. The average molecular weight is 259 g/mol. The van der Waals surface area contributed by atoms with Gasteiger partial charge in [-0.15, -0.1) is 0 Å². The molecule has 0 aromatic heterocycles. The van der Waals surface area contributed by atoms with E-state index in [9.17, 15) is 26.3 Å². The van der Waals surface area contributed by atoms with E-state index in [1.54, 1.807) is 0 Å². The van der Waals surface area contributed by atoms with Crippen LogP contribution in [0.3, 0.4) is 0 Å². The number of aliphatic hydroxyl groups is 1. The molecule has 3 N–H and O–H groups in total. The zero-order chi connectivity index (χ0) is 13.4. The summed E-state index contributed by atoms with van der Waals surface area (Å²) in [6.45, 7) is -0.868. The van der Waals surface area contributed by atoms with Gasteiger partial charge in [0.1, 0.15) is 0 Å². The SMILES string of the molecule is Nc1cc(C(F)(F)F)c(C(F)(F)F)cc1CO. The molecular weight excluding hydrogens is 252 g/mol. The Morgan fingerprint density at radius 1 is 0.941 bits per heavy atom. The predicted molar refractivity (Wildman–Crippen MR) is 46.8 cm³/mol. The Labute approximate surface area is 91.7 Å². The third-order valence-corrected chi connectivity index (χ3v) is 2.06. The molecule has 17 heavy (non-hydrogen) atoms. The van der Waals surface area contributed by atoms with Crippen molar-refractivity contribution in [2.45, 2.75) is 19.0 Å². The number of aliphatic hydroxyl groups excluding tert-OH is 1. The molecule has 2 nitrogen and oxygen atoms in total. The van der Waals surface area contributed by atoms with Gasteiger partial charge in [0.25, 0.3) is 0 Å². The molecule has 96 valence electrons. The van der Waals surface area contributed by atoms with Crippen LogP contribution in [0.1, 0.15) is 16.7 Å². The molecule has 0 aliphatic rings. The van der Waals surface area contributed by atoms with E-state index in [0.717, 1.165) is 0 Å². The van der Waals surface area contributed by atoms with Gasteiger partial charge in [-0.25, -0.2) is 0 Å². The molecule has 8 heteroatoms. The minimum Gasteiger partial charge on any atom is -0.398 e. The zero-order valence-corrected chi connectivity index (χ0v) is 8.15. The van der Waals surface area contributed by atoms with Crippen molar-refractivity contribution in [3.05, 3.63) is 28.8 Å². The highest BCUT2D eigenvalue weighted by Gasteiger charge is 2.43. The first-order valence-electron chi connectivity index (χ1n) is 4.25. The van der Waals surface area contributed by atoms with Crippen LogP contribution in [0.2, 0.25) is 0 Å². The number of halogens is 6. The molecule has 0 spiro atoms. The third-order valence-electron chi connectivity index (χ3n) is 2.06. The first-order chi connectivity index (χ1) is 7.57. The van der Waals surface area contributed by atoms with Crippen LogP contribution in [0.25, 0.3) is 0 Å². The Morgan fingerprint density at radius 2 is 1.35 bits per heavy atom. The summed E-state index contributed by atoms with van der Waals surface area (Å²) in [6, 6.07) is 0.381. The summed E-state index contributed by atoms with van der Waals surface area (Å²) in [5.74, 6) is 0. The lowest BCUT2D eigenvalue weighted by atomic mass is 10.0. The number of alkyl halides is 6. The van der Waals surface area contributed by atoms with E-state index in [2.05, 4.69) is 0 Å². The number of anilines is 1. The molecule has 0 saturated carbocycles. The quantitative estimate of drug-likeness (QED) is 0.601. The Bertz CT molecular complexity index is 423. The summed E-state index contributed by atoms with van der Waals surface area (Å²) >= 11 is 0. The fourth-order valence-electron chi connectivity index (χ4n) is 1.27. The fraction of sp³-hybridized carbons (Fsp3) is 0.333. The van der Waals surface area contributed by atoms with Crippen molar-refractivity contribution >= 4 is 5.69 Å². The van der Waals surface area contributed by atoms with E-state index < -0.39 is 41.3 Å². The maximum atomic E-state index is 12.4. The summed E-state index contributed by atoms with van der Waals surface area (Å²) in [4.78, 5) is 0. The van der Waals surface area contributed by atoms with Gasteiger partial charge >= 0.3 is 12.4 Å². The highest BCUT2D eigenvalue weighted by Crippen LogP contribution is 2.42. The molecule has 0 aliphatic heterocycles. The lowest BCUT2D eigenvalue weighted by Gasteiger charge is -2.17. The van der Waals surface area contributed by atoms with Gasteiger partial charge in [0.05, 0.1) is 17.7 Å². The second kappa shape index (κ2) is 4.10. The molecule has 0 bridgehead atoms. The van der Waals surface area contributed by atoms with Crippen molar-refractivity contribution in [1.29, 1.82) is 0 Å². The highest BCUT2D eigenvalue weighted by molar-refractivity contribution is 5.53. The average Bonchev–Trinajstić information content (AvgIpc) is 2.14. The van der Waals surface area contributed by atoms with Gasteiger partial charge in [0.15, 0.2) is 0 Å². The Kier molecular flexibility index (Phi) is 3.28. The van der Waals surface area contributed by atoms with Crippen LogP contribution in [0, 0.1) is 0 Å². The van der Waals surface area contributed by atoms with Crippen LogP contribution in [-0.4, -0.2) is 5.11 Å². The number of benzene rings is 1. The predicted octanol–water partition coefficient (Wildman–Crippen LogP) is 2.80. The molecule has 0 saturated heterocycles. The summed E-state index contributed by atoms with van der Waals surface area (Å²) in [5, 5.41) is 8.67. The van der Waals surface area contributed by atoms with Gasteiger partial charge < -0.3 is 10.8 Å². The van der Waals surface area contributed by atoms with Crippen molar-refractivity contribution in [3.8, 4) is 0 Å². The molecule has 0 atom stereocenters. The Hall–Kier alpha value is -1.44. The van der Waals surface area contributed by atoms with Crippen LogP contribution in [0.4, 0.5) is 32.0 Å². The Morgan fingerprint density at radius 3 is 1.71 bits per heavy atom. The molecule has 0 amide bonds. The molecule has 1 rings (SSSR count). The van der Waals surface area contributed by atoms with E-state index >= 15 is 0 Å². The first-order valence-corrected chi connectivity index (χ1v) is 4.25. The first kappa shape index (κ1) is 13.6. The lowest BCUT2D eigenvalue weighted by molar-refractivity contribution is -0.162. The number of nitrogens with two attached hydrogens (primary N) is 1. The number of rotatable bonds is 1. The molecule has 0 aliphatic carbocycles. The normalized spacial score (nSPS) is 12.9. The second-order valence-corrected chi connectivity index (χ2v) is 3.25.